The van der Waals surface area contributed by atoms with E-state index in [1.54, 1.807) is 24.3 Å². The average Bonchev–Trinajstić information content (AvgIpc) is 2.75. The highest BCUT2D eigenvalue weighted by Crippen LogP contribution is 2.19. The van der Waals surface area contributed by atoms with E-state index in [-0.39, 0.29) is 19.1 Å². The zero-order chi connectivity index (χ0) is 22.6. The topological polar surface area (TPSA) is 118 Å². The zero-order valence-corrected chi connectivity index (χ0v) is 17.7. The number of para-hydroxylation sites is 1. The largest absolute Gasteiger partial charge is 0.484 e. The number of anilines is 1. The summed E-state index contributed by atoms with van der Waals surface area (Å²) in [5.41, 5.74) is 5.48. The highest BCUT2D eigenvalue weighted by atomic mass is 16.5. The summed E-state index contributed by atoms with van der Waals surface area (Å²) in [7, 11) is 1.49. The minimum atomic E-state index is -0.886. The van der Waals surface area contributed by atoms with Crippen LogP contribution in [0.15, 0.2) is 47.6 Å². The standard InChI is InChI=1S/C22H26N4O5/c1-15-6-4-7-16(2)20(15)25-19(27)14-31-18-9-5-8-17(12-18)13-24-26-22(29)21(28)23-10-11-30-3/h4-9,12-13H,10-11,14H2,1-3H3,(H,23,28)(H,25,27)(H,26,29)/b24-13-. The molecule has 3 N–H and O–H groups in total. The number of nitrogens with one attached hydrogen (secondary N) is 3. The highest BCUT2D eigenvalue weighted by Gasteiger charge is 2.11. The molecule has 0 radical (unpaired) electrons. The van der Waals surface area contributed by atoms with Crippen molar-refractivity contribution in [2.75, 3.05) is 32.2 Å². The second kappa shape index (κ2) is 12.1. The number of ether oxygens (including phenoxy) is 2. The number of hydrazone groups is 1. The number of amides is 3. The Hall–Kier alpha value is -3.72. The first-order valence-corrected chi connectivity index (χ1v) is 9.60. The summed E-state index contributed by atoms with van der Waals surface area (Å²) in [6.45, 7) is 4.22. The lowest BCUT2D eigenvalue weighted by Crippen LogP contribution is -2.39. The molecule has 0 unspecified atom stereocenters. The monoisotopic (exact) mass is 426 g/mol. The fraction of sp³-hybridized carbons (Fsp3) is 0.273. The number of rotatable bonds is 9. The van der Waals surface area contributed by atoms with E-state index in [9.17, 15) is 14.4 Å². The Morgan fingerprint density at radius 2 is 1.74 bits per heavy atom. The van der Waals surface area contributed by atoms with Gasteiger partial charge in [-0.15, -0.1) is 0 Å². The first-order valence-electron chi connectivity index (χ1n) is 9.60. The molecule has 9 nitrogen and oxygen atoms in total. The second-order valence-electron chi connectivity index (χ2n) is 6.62. The lowest BCUT2D eigenvalue weighted by molar-refractivity contribution is -0.139. The van der Waals surface area contributed by atoms with E-state index in [4.69, 9.17) is 9.47 Å². The molecule has 2 aromatic carbocycles. The predicted molar refractivity (Wildman–Crippen MR) is 117 cm³/mol. The Bertz CT molecular complexity index is 938. The smallest absolute Gasteiger partial charge is 0.329 e. The van der Waals surface area contributed by atoms with Crippen molar-refractivity contribution in [3.63, 3.8) is 0 Å². The third-order valence-electron chi connectivity index (χ3n) is 4.15. The van der Waals surface area contributed by atoms with Crippen LogP contribution < -0.4 is 20.8 Å². The molecule has 0 aliphatic rings. The lowest BCUT2D eigenvalue weighted by atomic mass is 10.1. The quantitative estimate of drug-likeness (QED) is 0.243. The molecule has 0 aromatic heterocycles. The molecule has 0 spiro atoms. The molecular formula is C22H26N4O5. The van der Waals surface area contributed by atoms with Gasteiger partial charge in [-0.3, -0.25) is 14.4 Å². The van der Waals surface area contributed by atoms with Crippen molar-refractivity contribution in [2.45, 2.75) is 13.8 Å². The number of methoxy groups -OCH3 is 1. The van der Waals surface area contributed by atoms with Crippen molar-refractivity contribution in [3.05, 3.63) is 59.2 Å². The van der Waals surface area contributed by atoms with E-state index in [0.717, 1.165) is 16.8 Å². The molecular weight excluding hydrogens is 400 g/mol. The summed E-state index contributed by atoms with van der Waals surface area (Å²) < 4.78 is 10.3. The summed E-state index contributed by atoms with van der Waals surface area (Å²) in [6, 6.07) is 12.6. The van der Waals surface area contributed by atoms with E-state index >= 15 is 0 Å². The van der Waals surface area contributed by atoms with Crippen LogP contribution in [0.25, 0.3) is 0 Å². The van der Waals surface area contributed by atoms with Crippen LogP contribution in [0.3, 0.4) is 0 Å². The van der Waals surface area contributed by atoms with Gasteiger partial charge >= 0.3 is 11.8 Å². The molecule has 0 saturated heterocycles. The summed E-state index contributed by atoms with van der Waals surface area (Å²) in [5.74, 6) is -1.50. The van der Waals surface area contributed by atoms with Gasteiger partial charge in [0.15, 0.2) is 6.61 Å². The van der Waals surface area contributed by atoms with Gasteiger partial charge in [0.25, 0.3) is 5.91 Å². The highest BCUT2D eigenvalue weighted by molar-refractivity contribution is 6.35. The van der Waals surface area contributed by atoms with Crippen LogP contribution in [0.5, 0.6) is 5.75 Å². The molecule has 2 aromatic rings. The van der Waals surface area contributed by atoms with Gasteiger partial charge in [0.2, 0.25) is 0 Å². The average molecular weight is 426 g/mol. The van der Waals surface area contributed by atoms with Crippen LogP contribution in [0.2, 0.25) is 0 Å². The van der Waals surface area contributed by atoms with Gasteiger partial charge in [-0.1, -0.05) is 30.3 Å². The number of benzene rings is 2. The Kier molecular flexibility index (Phi) is 9.18. The molecule has 0 heterocycles. The van der Waals surface area contributed by atoms with E-state index in [2.05, 4.69) is 21.2 Å². The first-order chi connectivity index (χ1) is 14.9. The van der Waals surface area contributed by atoms with E-state index in [1.165, 1.54) is 13.3 Å². The van der Waals surface area contributed by atoms with Gasteiger partial charge in [0.1, 0.15) is 5.75 Å². The summed E-state index contributed by atoms with van der Waals surface area (Å²) in [6.07, 6.45) is 1.37. The molecule has 164 valence electrons. The maximum absolute atomic E-state index is 12.2. The fourth-order valence-electron chi connectivity index (χ4n) is 2.58. The van der Waals surface area contributed by atoms with Gasteiger partial charge in [0, 0.05) is 19.3 Å². The molecule has 0 aliphatic heterocycles. The molecule has 2 rings (SSSR count). The minimum Gasteiger partial charge on any atom is -0.484 e. The molecule has 0 saturated carbocycles. The maximum atomic E-state index is 12.2. The molecule has 0 bridgehead atoms. The Labute approximate surface area is 180 Å². The van der Waals surface area contributed by atoms with E-state index in [0.29, 0.717) is 17.9 Å². The van der Waals surface area contributed by atoms with Crippen molar-refractivity contribution < 1.29 is 23.9 Å². The van der Waals surface area contributed by atoms with Crippen molar-refractivity contribution in [1.82, 2.24) is 10.7 Å². The van der Waals surface area contributed by atoms with Crippen molar-refractivity contribution in [1.29, 1.82) is 0 Å². The van der Waals surface area contributed by atoms with Crippen LogP contribution in [-0.4, -0.2) is 50.8 Å². The molecule has 31 heavy (non-hydrogen) atoms. The number of hydrogen-bond acceptors (Lipinski definition) is 6. The van der Waals surface area contributed by atoms with Crippen molar-refractivity contribution in [3.8, 4) is 5.75 Å². The number of hydrogen-bond donors (Lipinski definition) is 3. The third kappa shape index (κ3) is 7.90. The molecule has 3 amide bonds. The molecule has 0 fully saturated rings. The van der Waals surface area contributed by atoms with Gasteiger partial charge in [-0.25, -0.2) is 5.43 Å². The predicted octanol–water partition coefficient (Wildman–Crippen LogP) is 1.53. The lowest BCUT2D eigenvalue weighted by Gasteiger charge is -2.12. The summed E-state index contributed by atoms with van der Waals surface area (Å²) in [4.78, 5) is 35.4. The van der Waals surface area contributed by atoms with Gasteiger partial charge in [-0.2, -0.15) is 5.10 Å². The van der Waals surface area contributed by atoms with Gasteiger partial charge < -0.3 is 20.1 Å². The van der Waals surface area contributed by atoms with Crippen LogP contribution in [0, 0.1) is 13.8 Å². The number of nitrogens with zero attached hydrogens (tertiary/aromatic N) is 1. The van der Waals surface area contributed by atoms with E-state index < -0.39 is 11.8 Å². The Morgan fingerprint density at radius 3 is 2.45 bits per heavy atom. The number of aryl methyl sites for hydroxylation is 2. The third-order valence-corrected chi connectivity index (χ3v) is 4.15. The minimum absolute atomic E-state index is 0.160. The summed E-state index contributed by atoms with van der Waals surface area (Å²) >= 11 is 0. The van der Waals surface area contributed by atoms with Crippen LogP contribution in [0.4, 0.5) is 5.69 Å². The van der Waals surface area contributed by atoms with Crippen molar-refractivity contribution >= 4 is 29.6 Å². The molecule has 0 atom stereocenters. The maximum Gasteiger partial charge on any atom is 0.329 e. The first kappa shape index (κ1) is 23.6. The second-order valence-corrected chi connectivity index (χ2v) is 6.62. The summed E-state index contributed by atoms with van der Waals surface area (Å²) in [5, 5.41) is 8.99. The molecule has 9 heteroatoms. The van der Waals surface area contributed by atoms with Crippen molar-refractivity contribution in [2.24, 2.45) is 5.10 Å². The number of carbonyl (C=O) groups is 3. The molecule has 0 aliphatic carbocycles. The van der Waals surface area contributed by atoms with E-state index in [1.807, 2.05) is 32.0 Å². The normalized spacial score (nSPS) is 10.5. The Balaban J connectivity index is 1.84. The van der Waals surface area contributed by atoms with Gasteiger partial charge in [0.05, 0.1) is 12.8 Å². The number of carbonyl (C=O) groups excluding carboxylic acids is 3. The zero-order valence-electron chi connectivity index (χ0n) is 17.7. The fourth-order valence-corrected chi connectivity index (χ4v) is 2.58. The van der Waals surface area contributed by atoms with Crippen LogP contribution >= 0.6 is 0 Å². The SMILES string of the molecule is COCCNC(=O)C(=O)N/N=C\c1cccc(OCC(=O)Nc2c(C)cccc2C)c1. The Morgan fingerprint density at radius 1 is 1.03 bits per heavy atom. The van der Waals surface area contributed by atoms with Crippen LogP contribution in [-0.2, 0) is 19.1 Å². The van der Waals surface area contributed by atoms with Gasteiger partial charge in [-0.05, 0) is 42.7 Å². The van der Waals surface area contributed by atoms with Crippen LogP contribution in [0.1, 0.15) is 16.7 Å².